The number of nitrogens with one attached hydrogen (secondary N) is 3. The molecular formula is C23H20IN7O2. The molecule has 10 heteroatoms. The number of anilines is 5. The molecule has 0 amide bonds. The number of phenols is 1. The first kappa shape index (κ1) is 22.3. The van der Waals surface area contributed by atoms with Crippen molar-refractivity contribution >= 4 is 58.0 Å². The highest BCUT2D eigenvalue weighted by molar-refractivity contribution is 14.1. The van der Waals surface area contributed by atoms with Gasteiger partial charge in [0, 0.05) is 20.5 Å². The number of benzene rings is 3. The van der Waals surface area contributed by atoms with Crippen molar-refractivity contribution in [1.29, 1.82) is 0 Å². The number of halogens is 1. The van der Waals surface area contributed by atoms with Crippen molar-refractivity contribution in [2.75, 3.05) is 23.2 Å². The van der Waals surface area contributed by atoms with Gasteiger partial charge in [-0.3, -0.25) is 0 Å². The lowest BCUT2D eigenvalue weighted by atomic mass is 10.2. The second-order valence-corrected chi connectivity index (χ2v) is 7.97. The molecule has 0 saturated heterocycles. The van der Waals surface area contributed by atoms with Gasteiger partial charge >= 0.3 is 0 Å². The number of hydrogen-bond donors (Lipinski definition) is 4. The van der Waals surface area contributed by atoms with Crippen LogP contribution in [0.1, 0.15) is 5.56 Å². The van der Waals surface area contributed by atoms with Crippen LogP contribution in [0.2, 0.25) is 0 Å². The van der Waals surface area contributed by atoms with Gasteiger partial charge in [0.05, 0.1) is 13.3 Å². The predicted molar refractivity (Wildman–Crippen MR) is 138 cm³/mol. The molecule has 0 aliphatic heterocycles. The van der Waals surface area contributed by atoms with Crippen LogP contribution in [0.4, 0.5) is 29.2 Å². The number of phenolic OH excluding ortho intramolecular Hbond substituents is 1. The highest BCUT2D eigenvalue weighted by Crippen LogP contribution is 2.21. The Morgan fingerprint density at radius 1 is 0.848 bits per heavy atom. The molecule has 166 valence electrons. The lowest BCUT2D eigenvalue weighted by Gasteiger charge is -2.10. The second-order valence-electron chi connectivity index (χ2n) is 6.72. The molecule has 4 aromatic rings. The zero-order chi connectivity index (χ0) is 23.0. The maximum atomic E-state index is 9.99. The topological polar surface area (TPSA) is 117 Å². The number of aromatic hydroxyl groups is 1. The summed E-state index contributed by atoms with van der Waals surface area (Å²) in [5.74, 6) is 1.76. The monoisotopic (exact) mass is 553 g/mol. The van der Waals surface area contributed by atoms with Gasteiger partial charge in [0.1, 0.15) is 11.5 Å². The summed E-state index contributed by atoms with van der Waals surface area (Å²) in [7, 11) is 1.62. The van der Waals surface area contributed by atoms with Gasteiger partial charge < -0.3 is 20.5 Å². The van der Waals surface area contributed by atoms with Crippen LogP contribution in [0.15, 0.2) is 77.9 Å². The highest BCUT2D eigenvalue weighted by atomic mass is 127. The molecule has 9 nitrogen and oxygen atoms in total. The molecule has 0 radical (unpaired) electrons. The van der Waals surface area contributed by atoms with E-state index >= 15 is 0 Å². The van der Waals surface area contributed by atoms with Gasteiger partial charge in [-0.05, 0) is 77.2 Å². The number of methoxy groups -OCH3 is 1. The van der Waals surface area contributed by atoms with Crippen molar-refractivity contribution in [3.63, 3.8) is 0 Å². The summed E-state index contributed by atoms with van der Waals surface area (Å²) in [6.45, 7) is 0. The molecular weight excluding hydrogens is 533 g/mol. The third-order valence-corrected chi connectivity index (χ3v) is 5.04. The molecule has 0 bridgehead atoms. The lowest BCUT2D eigenvalue weighted by molar-refractivity contribution is 0.415. The number of hydrogen-bond acceptors (Lipinski definition) is 9. The average Bonchev–Trinajstić information content (AvgIpc) is 2.82. The van der Waals surface area contributed by atoms with Crippen molar-refractivity contribution in [2.45, 2.75) is 0 Å². The van der Waals surface area contributed by atoms with Crippen LogP contribution in [0.3, 0.4) is 0 Å². The first-order chi connectivity index (χ1) is 16.1. The third-order valence-electron chi connectivity index (χ3n) is 4.37. The van der Waals surface area contributed by atoms with Crippen LogP contribution in [0.5, 0.6) is 11.5 Å². The number of rotatable bonds is 8. The maximum Gasteiger partial charge on any atom is 0.250 e. The van der Waals surface area contributed by atoms with Crippen molar-refractivity contribution < 1.29 is 9.84 Å². The number of aromatic nitrogens is 3. The van der Waals surface area contributed by atoms with E-state index in [2.05, 4.69) is 58.7 Å². The van der Waals surface area contributed by atoms with E-state index in [4.69, 9.17) is 4.74 Å². The SMILES string of the molecule is COc1ccc(Nc2nc(N/N=C/c3cc(I)ccc3O)nc(Nc3ccccc3)n2)cc1. The van der Waals surface area contributed by atoms with Crippen LogP contribution in [-0.4, -0.2) is 33.4 Å². The molecule has 33 heavy (non-hydrogen) atoms. The number of nitrogens with zero attached hydrogens (tertiary/aromatic N) is 4. The molecule has 4 rings (SSSR count). The Bertz CT molecular complexity index is 1250. The first-order valence-electron chi connectivity index (χ1n) is 9.86. The van der Waals surface area contributed by atoms with Gasteiger partial charge in [0.15, 0.2) is 0 Å². The van der Waals surface area contributed by atoms with Crippen LogP contribution < -0.4 is 20.8 Å². The van der Waals surface area contributed by atoms with Gasteiger partial charge in [0.2, 0.25) is 17.8 Å². The van der Waals surface area contributed by atoms with E-state index in [1.807, 2.05) is 66.7 Å². The van der Waals surface area contributed by atoms with E-state index < -0.39 is 0 Å². The van der Waals surface area contributed by atoms with Crippen LogP contribution in [-0.2, 0) is 0 Å². The largest absolute Gasteiger partial charge is 0.507 e. The lowest BCUT2D eigenvalue weighted by Crippen LogP contribution is -2.07. The van der Waals surface area contributed by atoms with Crippen molar-refractivity contribution in [3.8, 4) is 11.5 Å². The van der Waals surface area contributed by atoms with Gasteiger partial charge in [-0.2, -0.15) is 20.1 Å². The summed E-state index contributed by atoms with van der Waals surface area (Å²) < 4.78 is 6.18. The van der Waals surface area contributed by atoms with E-state index in [-0.39, 0.29) is 11.7 Å². The molecule has 3 aromatic carbocycles. The molecule has 1 aromatic heterocycles. The van der Waals surface area contributed by atoms with E-state index in [0.717, 1.165) is 20.7 Å². The van der Waals surface area contributed by atoms with Crippen LogP contribution >= 0.6 is 22.6 Å². The summed E-state index contributed by atoms with van der Waals surface area (Å²) in [6, 6.07) is 22.2. The van der Waals surface area contributed by atoms with E-state index in [0.29, 0.717) is 17.5 Å². The Morgan fingerprint density at radius 2 is 1.48 bits per heavy atom. The molecule has 0 spiro atoms. The smallest absolute Gasteiger partial charge is 0.250 e. The first-order valence-corrected chi connectivity index (χ1v) is 10.9. The summed E-state index contributed by atoms with van der Waals surface area (Å²) >= 11 is 2.17. The number of ether oxygens (including phenoxy) is 1. The minimum absolute atomic E-state index is 0.130. The van der Waals surface area contributed by atoms with Crippen LogP contribution in [0.25, 0.3) is 0 Å². The summed E-state index contributed by atoms with van der Waals surface area (Å²) in [5, 5.41) is 20.5. The molecule has 0 unspecified atom stereocenters. The molecule has 0 aliphatic rings. The molecule has 0 saturated carbocycles. The fraction of sp³-hybridized carbons (Fsp3) is 0.0435. The Hall–Kier alpha value is -3.93. The quantitative estimate of drug-likeness (QED) is 0.135. The van der Waals surface area contributed by atoms with E-state index in [1.54, 1.807) is 13.2 Å². The normalized spacial score (nSPS) is 10.7. The summed E-state index contributed by atoms with van der Waals surface area (Å²) in [4.78, 5) is 13.2. The Kier molecular flexibility index (Phi) is 7.15. The van der Waals surface area contributed by atoms with Crippen LogP contribution in [0, 0.1) is 3.57 Å². The molecule has 0 aliphatic carbocycles. The van der Waals surface area contributed by atoms with Gasteiger partial charge in [-0.25, -0.2) is 5.43 Å². The fourth-order valence-corrected chi connectivity index (χ4v) is 3.30. The minimum Gasteiger partial charge on any atom is -0.507 e. The Balaban J connectivity index is 1.58. The highest BCUT2D eigenvalue weighted by Gasteiger charge is 2.08. The second kappa shape index (κ2) is 10.6. The van der Waals surface area contributed by atoms with Gasteiger partial charge in [0.25, 0.3) is 0 Å². The zero-order valence-electron chi connectivity index (χ0n) is 17.5. The molecule has 0 fully saturated rings. The van der Waals surface area contributed by atoms with E-state index in [1.165, 1.54) is 6.21 Å². The maximum absolute atomic E-state index is 9.99. The Labute approximate surface area is 204 Å². The molecule has 1 heterocycles. The Morgan fingerprint density at radius 3 is 2.15 bits per heavy atom. The minimum atomic E-state index is 0.130. The zero-order valence-corrected chi connectivity index (χ0v) is 19.7. The number of hydrazone groups is 1. The van der Waals surface area contributed by atoms with Crippen molar-refractivity contribution in [1.82, 2.24) is 15.0 Å². The van der Waals surface area contributed by atoms with Crippen molar-refractivity contribution in [3.05, 3.63) is 81.9 Å². The average molecular weight is 553 g/mol. The van der Waals surface area contributed by atoms with Gasteiger partial charge in [-0.1, -0.05) is 18.2 Å². The predicted octanol–water partition coefficient (Wildman–Crippen LogP) is 5.12. The number of para-hydroxylation sites is 1. The molecule has 0 atom stereocenters. The fourth-order valence-electron chi connectivity index (χ4n) is 2.78. The third kappa shape index (κ3) is 6.29. The standard InChI is InChI=1S/C23H20IN7O2/c1-33-19-10-8-18(9-11-19)27-22-28-21(26-17-5-3-2-4-6-17)29-23(30-22)31-25-14-15-13-16(24)7-12-20(15)32/h2-14,32H,1H3,(H3,26,27,28,29,30,31)/b25-14+. The summed E-state index contributed by atoms with van der Waals surface area (Å²) in [6.07, 6.45) is 1.50. The van der Waals surface area contributed by atoms with Crippen molar-refractivity contribution in [2.24, 2.45) is 5.10 Å². The summed E-state index contributed by atoms with van der Waals surface area (Å²) in [5.41, 5.74) is 4.99. The van der Waals surface area contributed by atoms with Gasteiger partial charge in [-0.15, -0.1) is 0 Å². The molecule has 4 N–H and O–H groups in total. The van der Waals surface area contributed by atoms with E-state index in [9.17, 15) is 5.11 Å².